The Labute approximate surface area is 126 Å². The van der Waals surface area contributed by atoms with Gasteiger partial charge in [-0.1, -0.05) is 0 Å². The number of hydrogen-bond acceptors (Lipinski definition) is 3. The molecular weight excluding hydrogens is 325 g/mol. The van der Waals surface area contributed by atoms with Crippen molar-refractivity contribution in [3.05, 3.63) is 39.9 Å². The zero-order chi connectivity index (χ0) is 14.7. The zero-order valence-corrected chi connectivity index (χ0v) is 13.3. The van der Waals surface area contributed by atoms with E-state index in [9.17, 15) is 4.39 Å². The molecule has 0 saturated heterocycles. The predicted octanol–water partition coefficient (Wildman–Crippen LogP) is 3.73. The Morgan fingerprint density at radius 1 is 1.45 bits per heavy atom. The lowest BCUT2D eigenvalue weighted by Crippen LogP contribution is -2.09. The van der Waals surface area contributed by atoms with Crippen LogP contribution in [0.2, 0.25) is 0 Å². The van der Waals surface area contributed by atoms with E-state index >= 15 is 0 Å². The first-order chi connectivity index (χ1) is 9.56. The van der Waals surface area contributed by atoms with Crippen LogP contribution in [-0.2, 0) is 13.1 Å². The number of nitrogens with one attached hydrogen (secondary N) is 1. The number of aromatic nitrogens is 2. The summed E-state index contributed by atoms with van der Waals surface area (Å²) in [4.78, 5) is 0. The minimum atomic E-state index is -0.317. The molecule has 0 spiro atoms. The maximum absolute atomic E-state index is 13.2. The van der Waals surface area contributed by atoms with Crippen molar-refractivity contribution >= 4 is 21.6 Å². The van der Waals surface area contributed by atoms with E-state index in [0.29, 0.717) is 12.3 Å². The van der Waals surface area contributed by atoms with Gasteiger partial charge in [-0.25, -0.2) is 4.39 Å². The molecule has 0 atom stereocenters. The van der Waals surface area contributed by atoms with Crippen molar-refractivity contribution < 1.29 is 9.13 Å². The highest BCUT2D eigenvalue weighted by molar-refractivity contribution is 9.10. The molecule has 0 aliphatic rings. The lowest BCUT2D eigenvalue weighted by Gasteiger charge is -2.12. The third-order valence-electron chi connectivity index (χ3n) is 3.06. The monoisotopic (exact) mass is 341 g/mol. The molecular formula is C14H17BrFN3O. The summed E-state index contributed by atoms with van der Waals surface area (Å²) in [6.07, 6.45) is 0. The van der Waals surface area contributed by atoms with E-state index in [4.69, 9.17) is 4.74 Å². The number of benzene rings is 1. The molecule has 0 amide bonds. The highest BCUT2D eigenvalue weighted by Crippen LogP contribution is 2.27. The third kappa shape index (κ3) is 2.95. The highest BCUT2D eigenvalue weighted by atomic mass is 79.9. The Kier molecular flexibility index (Phi) is 4.65. The molecule has 6 heteroatoms. The number of halogens is 2. The van der Waals surface area contributed by atoms with E-state index < -0.39 is 0 Å². The molecule has 2 aromatic rings. The molecule has 0 radical (unpaired) electrons. The van der Waals surface area contributed by atoms with Gasteiger partial charge in [-0.2, -0.15) is 5.10 Å². The summed E-state index contributed by atoms with van der Waals surface area (Å²) in [5, 5.41) is 7.69. The average molecular weight is 342 g/mol. The molecule has 0 unspecified atom stereocenters. The minimum Gasteiger partial charge on any atom is -0.494 e. The Hall–Kier alpha value is -1.56. The van der Waals surface area contributed by atoms with Crippen LogP contribution >= 0.6 is 15.9 Å². The number of nitrogens with zero attached hydrogens (tertiary/aromatic N) is 2. The lowest BCUT2D eigenvalue weighted by atomic mass is 10.2. The van der Waals surface area contributed by atoms with Gasteiger partial charge in [0.1, 0.15) is 11.6 Å². The van der Waals surface area contributed by atoms with Gasteiger partial charge in [0.05, 0.1) is 35.2 Å². The van der Waals surface area contributed by atoms with Crippen molar-refractivity contribution in [3.8, 4) is 5.75 Å². The molecule has 1 aromatic heterocycles. The number of rotatable bonds is 5. The molecule has 0 aliphatic heterocycles. The standard InChI is InChI=1S/C14H17BrFN3O/c1-4-19-12(14(15)9(2)18-19)8-17-11-6-5-10(16)7-13(11)20-3/h5-7,17H,4,8H2,1-3H3. The van der Waals surface area contributed by atoms with Crippen LogP contribution in [-0.4, -0.2) is 16.9 Å². The van der Waals surface area contributed by atoms with Crippen molar-refractivity contribution in [2.75, 3.05) is 12.4 Å². The molecule has 108 valence electrons. The number of hydrogen-bond donors (Lipinski definition) is 1. The van der Waals surface area contributed by atoms with Gasteiger partial charge in [0.15, 0.2) is 0 Å². The summed E-state index contributed by atoms with van der Waals surface area (Å²) >= 11 is 3.55. The maximum Gasteiger partial charge on any atom is 0.144 e. The molecule has 1 heterocycles. The number of methoxy groups -OCH3 is 1. The second-order valence-electron chi connectivity index (χ2n) is 4.36. The van der Waals surface area contributed by atoms with Gasteiger partial charge in [-0.3, -0.25) is 4.68 Å². The van der Waals surface area contributed by atoms with Crippen LogP contribution in [0.15, 0.2) is 22.7 Å². The Balaban J connectivity index is 2.21. The van der Waals surface area contributed by atoms with Gasteiger partial charge >= 0.3 is 0 Å². The largest absolute Gasteiger partial charge is 0.494 e. The molecule has 1 N–H and O–H groups in total. The van der Waals surface area contributed by atoms with Gasteiger partial charge < -0.3 is 10.1 Å². The second kappa shape index (κ2) is 6.26. The molecule has 0 saturated carbocycles. The van der Waals surface area contributed by atoms with Crippen molar-refractivity contribution in [1.82, 2.24) is 9.78 Å². The van der Waals surface area contributed by atoms with Gasteiger partial charge in [-0.05, 0) is 41.9 Å². The SMILES string of the molecule is CCn1nc(C)c(Br)c1CNc1ccc(F)cc1OC. The van der Waals surface area contributed by atoms with Crippen LogP contribution in [0.1, 0.15) is 18.3 Å². The predicted molar refractivity (Wildman–Crippen MR) is 80.6 cm³/mol. The molecule has 1 aromatic carbocycles. The summed E-state index contributed by atoms with van der Waals surface area (Å²) in [6, 6.07) is 4.43. The number of ether oxygens (including phenoxy) is 1. The van der Waals surface area contributed by atoms with E-state index in [1.54, 1.807) is 6.07 Å². The van der Waals surface area contributed by atoms with E-state index in [2.05, 4.69) is 26.3 Å². The van der Waals surface area contributed by atoms with Gasteiger partial charge in [0.2, 0.25) is 0 Å². The van der Waals surface area contributed by atoms with E-state index in [-0.39, 0.29) is 5.82 Å². The third-order valence-corrected chi connectivity index (χ3v) is 4.09. The number of anilines is 1. The average Bonchev–Trinajstić information content (AvgIpc) is 2.72. The van der Waals surface area contributed by atoms with Gasteiger partial charge in [0.25, 0.3) is 0 Å². The second-order valence-corrected chi connectivity index (χ2v) is 5.15. The van der Waals surface area contributed by atoms with Crippen molar-refractivity contribution in [3.63, 3.8) is 0 Å². The van der Waals surface area contributed by atoms with Crippen molar-refractivity contribution in [2.45, 2.75) is 26.9 Å². The fourth-order valence-electron chi connectivity index (χ4n) is 2.03. The summed E-state index contributed by atoms with van der Waals surface area (Å²) < 4.78 is 21.3. The topological polar surface area (TPSA) is 39.1 Å². The molecule has 0 fully saturated rings. The van der Waals surface area contributed by atoms with Crippen molar-refractivity contribution in [1.29, 1.82) is 0 Å². The van der Waals surface area contributed by atoms with Crippen LogP contribution in [0.3, 0.4) is 0 Å². The summed E-state index contributed by atoms with van der Waals surface area (Å²) in [5.74, 6) is 0.170. The first kappa shape index (κ1) is 14.8. The Morgan fingerprint density at radius 3 is 2.85 bits per heavy atom. The van der Waals surface area contributed by atoms with Gasteiger partial charge in [0, 0.05) is 12.6 Å². The Morgan fingerprint density at radius 2 is 2.20 bits per heavy atom. The molecule has 2 rings (SSSR count). The fourth-order valence-corrected chi connectivity index (χ4v) is 2.45. The first-order valence-corrected chi connectivity index (χ1v) is 7.15. The normalized spacial score (nSPS) is 10.7. The van der Waals surface area contributed by atoms with E-state index in [1.165, 1.54) is 19.2 Å². The molecule has 20 heavy (non-hydrogen) atoms. The fraction of sp³-hybridized carbons (Fsp3) is 0.357. The summed E-state index contributed by atoms with van der Waals surface area (Å²) in [5.41, 5.74) is 2.76. The first-order valence-electron chi connectivity index (χ1n) is 6.36. The summed E-state index contributed by atoms with van der Waals surface area (Å²) in [7, 11) is 1.52. The van der Waals surface area contributed by atoms with Crippen LogP contribution in [0.25, 0.3) is 0 Å². The molecule has 4 nitrogen and oxygen atoms in total. The van der Waals surface area contributed by atoms with Crippen LogP contribution in [0, 0.1) is 12.7 Å². The minimum absolute atomic E-state index is 0.317. The lowest BCUT2D eigenvalue weighted by molar-refractivity contribution is 0.413. The quantitative estimate of drug-likeness (QED) is 0.900. The smallest absolute Gasteiger partial charge is 0.144 e. The molecule has 0 bridgehead atoms. The summed E-state index contributed by atoms with van der Waals surface area (Å²) in [6.45, 7) is 5.38. The van der Waals surface area contributed by atoms with Gasteiger partial charge in [-0.15, -0.1) is 0 Å². The van der Waals surface area contributed by atoms with E-state index in [0.717, 1.165) is 28.1 Å². The van der Waals surface area contributed by atoms with Crippen LogP contribution < -0.4 is 10.1 Å². The maximum atomic E-state index is 13.2. The van der Waals surface area contributed by atoms with Crippen LogP contribution in [0.5, 0.6) is 5.75 Å². The van der Waals surface area contributed by atoms with Crippen LogP contribution in [0.4, 0.5) is 10.1 Å². The zero-order valence-electron chi connectivity index (χ0n) is 11.7. The molecule has 0 aliphatic carbocycles. The highest BCUT2D eigenvalue weighted by Gasteiger charge is 2.12. The number of aryl methyl sites for hydroxylation is 2. The Bertz CT molecular complexity index is 613. The van der Waals surface area contributed by atoms with E-state index in [1.807, 2.05) is 18.5 Å². The van der Waals surface area contributed by atoms with Crippen molar-refractivity contribution in [2.24, 2.45) is 0 Å².